The van der Waals surface area contributed by atoms with Crippen LogP contribution in [0, 0.1) is 63.7 Å². The Morgan fingerprint density at radius 3 is 1.32 bits per heavy atom. The number of hydrogen-bond acceptors (Lipinski definition) is 11. The maximum Gasteiger partial charge on any atom is 2.00 e. The Kier molecular flexibility index (Phi) is 18.3. The van der Waals surface area contributed by atoms with Crippen LogP contribution in [0.15, 0.2) is 121 Å². The average Bonchev–Trinajstić information content (AvgIpc) is 4.05. The smallest absolute Gasteiger partial charge is 0.459 e. The molecule has 0 aromatic heterocycles. The van der Waals surface area contributed by atoms with Crippen LogP contribution < -0.4 is 0 Å². The summed E-state index contributed by atoms with van der Waals surface area (Å²) in [5.74, 6) is -2.31. The Hall–Kier alpha value is -4.74. The van der Waals surface area contributed by atoms with Gasteiger partial charge in [0.2, 0.25) is 0 Å². The number of benzene rings is 4. The van der Waals surface area contributed by atoms with Crippen LogP contribution in [0.1, 0.15) is 47.9 Å². The van der Waals surface area contributed by atoms with Crippen LogP contribution in [0.4, 0.5) is 0 Å². The molecule has 4 aromatic rings. The summed E-state index contributed by atoms with van der Waals surface area (Å²) in [5.41, 5.74) is -0.194. The van der Waals surface area contributed by atoms with Gasteiger partial charge in [-0.25, -0.2) is 19.2 Å². The summed E-state index contributed by atoms with van der Waals surface area (Å²) in [6.07, 6.45) is 11.6. The third-order valence-corrected chi connectivity index (χ3v) is 10.0. The Morgan fingerprint density at radius 2 is 0.881 bits per heavy atom. The van der Waals surface area contributed by atoms with Gasteiger partial charge in [-0.05, 0) is 106 Å². The second kappa shape index (κ2) is 23.7. The summed E-state index contributed by atoms with van der Waals surface area (Å²) >= 11 is 1.15. The number of Topliss-reactive ketones (excluding diaryl/α,β-unsaturated/α-hetero) is 1. The zero-order valence-corrected chi connectivity index (χ0v) is 33.5. The summed E-state index contributed by atoms with van der Waals surface area (Å²) in [6, 6.07) is 32.8. The molecule has 0 bridgehead atoms. The van der Waals surface area contributed by atoms with Crippen LogP contribution in [0.3, 0.4) is 0 Å². The summed E-state index contributed by atoms with van der Waals surface area (Å²) < 4.78 is 30.4. The Labute approximate surface area is 360 Å². The van der Waals surface area contributed by atoms with E-state index in [4.69, 9.17) is 23.7 Å². The molecule has 0 amide bonds. The first-order valence-electron chi connectivity index (χ1n) is 18.6. The third-order valence-electron chi connectivity index (χ3n) is 8.89. The van der Waals surface area contributed by atoms with E-state index in [-0.39, 0.29) is 57.3 Å². The average molecular weight is 853 g/mol. The van der Waals surface area contributed by atoms with Crippen molar-refractivity contribution in [2.45, 2.75) is 36.3 Å². The van der Waals surface area contributed by atoms with Crippen molar-refractivity contribution in [2.75, 3.05) is 12.4 Å². The molecule has 1 aliphatic heterocycles. The van der Waals surface area contributed by atoms with Gasteiger partial charge in [0.25, 0.3) is 0 Å². The maximum absolute atomic E-state index is 13.7. The molecule has 3 aliphatic rings. The number of hydrogen-bond donors (Lipinski definition) is 0. The van der Waals surface area contributed by atoms with Gasteiger partial charge >= 0.3 is 40.9 Å². The summed E-state index contributed by atoms with van der Waals surface area (Å²) in [6.45, 7) is -0.428. The molecular weight excluding hydrogens is 812 g/mol. The fourth-order valence-corrected chi connectivity index (χ4v) is 7.11. The third kappa shape index (κ3) is 13.4. The van der Waals surface area contributed by atoms with E-state index >= 15 is 0 Å². The van der Waals surface area contributed by atoms with Crippen molar-refractivity contribution in [3.8, 4) is 0 Å². The molecular formula is C47H40FeO10S+2. The first-order valence-corrected chi connectivity index (χ1v) is 19.6. The molecule has 4 aromatic carbocycles. The van der Waals surface area contributed by atoms with E-state index in [2.05, 4.69) is 0 Å². The van der Waals surface area contributed by atoms with E-state index in [1.165, 1.54) is 0 Å². The molecule has 0 N–H and O–H groups in total. The topological polar surface area (TPSA) is 132 Å². The monoisotopic (exact) mass is 852 g/mol. The second-order valence-electron chi connectivity index (χ2n) is 12.9. The van der Waals surface area contributed by atoms with Gasteiger partial charge in [0.1, 0.15) is 23.9 Å². The number of carbonyl (C=O) groups is 5. The standard InChI is InChI=1S/C42H35O10S.C5H5.Fe/c43-33(28-15-13-14-16-28)25-26-53-42-37(52-41(47)32-23-11-4-12-24-32)36(51-40(46)31-21-9-3-10-22-31)35(50-39(45)30-19-7-2-8-20-30)34(49-42)27-48-38(44)29-17-5-1-6-18-29;1-2-4-5-3-1;/h1-24,34-37,42H,25-27H2;1-5H;/q;;+2/t34-,35-,36+,37-,42+;;/m1../s1. The largest absolute Gasteiger partial charge is 2.00 e. The van der Waals surface area contributed by atoms with Gasteiger partial charge in [-0.1, -0.05) is 72.8 Å². The molecule has 10 nitrogen and oxygen atoms in total. The number of ketones is 1. The predicted octanol–water partition coefficient (Wildman–Crippen LogP) is 7.36. The van der Waals surface area contributed by atoms with Crippen molar-refractivity contribution < 1.29 is 64.7 Å². The van der Waals surface area contributed by atoms with Crippen molar-refractivity contribution in [1.82, 2.24) is 0 Å². The minimum atomic E-state index is -1.46. The zero-order chi connectivity index (χ0) is 40.5. The van der Waals surface area contributed by atoms with Crippen molar-refractivity contribution in [1.29, 1.82) is 0 Å². The van der Waals surface area contributed by atoms with Crippen LogP contribution in [0.25, 0.3) is 0 Å². The van der Waals surface area contributed by atoms with Crippen LogP contribution in [0.5, 0.6) is 0 Å². The minimum Gasteiger partial charge on any atom is -0.459 e. The van der Waals surface area contributed by atoms with E-state index in [1.807, 2.05) is 32.1 Å². The fourth-order valence-electron chi connectivity index (χ4n) is 5.95. The number of thioether (sulfide) groups is 1. The van der Waals surface area contributed by atoms with Gasteiger partial charge in [0.05, 0.1) is 22.3 Å². The van der Waals surface area contributed by atoms with E-state index in [1.54, 1.807) is 147 Å². The quantitative estimate of drug-likeness (QED) is 0.0717. The molecule has 0 unspecified atom stereocenters. The molecule has 12 heteroatoms. The van der Waals surface area contributed by atoms with Crippen LogP contribution in [-0.4, -0.2) is 71.9 Å². The Bertz CT molecular complexity index is 1910. The molecule has 0 spiro atoms. The number of carbonyl (C=O) groups excluding carboxylic acids is 5. The molecule has 1 heterocycles. The van der Waals surface area contributed by atoms with Crippen LogP contribution in [-0.2, 0) is 45.5 Å². The molecule has 2 saturated carbocycles. The van der Waals surface area contributed by atoms with Gasteiger partial charge < -0.3 is 23.7 Å². The zero-order valence-electron chi connectivity index (χ0n) is 31.6. The maximum atomic E-state index is 13.7. The minimum absolute atomic E-state index is 0. The number of esters is 4. The first kappa shape index (κ1) is 45.3. The van der Waals surface area contributed by atoms with Crippen LogP contribution in [0.2, 0.25) is 0 Å². The molecule has 3 fully saturated rings. The molecule has 5 atom stereocenters. The molecule has 7 rings (SSSR count). The fraction of sp³-hybridized carbons (Fsp3) is 0.170. The first-order chi connectivity index (χ1) is 28.4. The summed E-state index contributed by atoms with van der Waals surface area (Å²) in [7, 11) is 0. The normalized spacial score (nSPS) is 21.1. The van der Waals surface area contributed by atoms with Gasteiger partial charge in [-0.3, -0.25) is 4.79 Å². The van der Waals surface area contributed by atoms with E-state index in [9.17, 15) is 24.0 Å². The SMILES string of the molecule is O=C(CCS[C@@H]1O[C@H](COC(=O)c2ccccc2)[C@@H](OC(=O)c2ccccc2)[C@H](OC(=O)c2ccccc2)[C@H]1OC(=O)c1ccccc1)[C]1[CH][CH][CH][CH]1.[CH]1[CH][CH][CH][CH]1.[Fe+2]. The second-order valence-corrected chi connectivity index (χ2v) is 14.1. The van der Waals surface area contributed by atoms with Gasteiger partial charge in [-0.2, -0.15) is 0 Å². The summed E-state index contributed by atoms with van der Waals surface area (Å²) in [4.78, 5) is 67.0. The van der Waals surface area contributed by atoms with Gasteiger partial charge in [-0.15, -0.1) is 11.8 Å². The van der Waals surface area contributed by atoms with Crippen molar-refractivity contribution >= 4 is 41.4 Å². The van der Waals surface area contributed by atoms with Crippen molar-refractivity contribution in [2.24, 2.45) is 0 Å². The van der Waals surface area contributed by atoms with Crippen molar-refractivity contribution in [3.63, 3.8) is 0 Å². The molecule has 300 valence electrons. The van der Waals surface area contributed by atoms with E-state index in [0.717, 1.165) is 11.8 Å². The molecule has 10 radical (unpaired) electrons. The van der Waals surface area contributed by atoms with Gasteiger partial charge in [0.15, 0.2) is 18.3 Å². The molecule has 2 aliphatic carbocycles. The summed E-state index contributed by atoms with van der Waals surface area (Å²) in [5, 5.41) is 0. The molecule has 59 heavy (non-hydrogen) atoms. The predicted molar refractivity (Wildman–Crippen MR) is 216 cm³/mol. The Balaban J connectivity index is 0.00000102. The number of rotatable bonds is 14. The van der Waals surface area contributed by atoms with Gasteiger partial charge in [0, 0.05) is 18.1 Å². The number of ether oxygens (including phenoxy) is 5. The molecule has 1 saturated heterocycles. The van der Waals surface area contributed by atoms with E-state index in [0.29, 0.717) is 5.92 Å². The van der Waals surface area contributed by atoms with Crippen molar-refractivity contribution in [3.05, 3.63) is 207 Å². The van der Waals surface area contributed by atoms with E-state index < -0.39 is 60.3 Å². The Morgan fingerprint density at radius 1 is 0.492 bits per heavy atom. The van der Waals surface area contributed by atoms with Crippen LogP contribution >= 0.6 is 11.8 Å².